The average Bonchev–Trinajstić information content (AvgIpc) is 3.19. The molecule has 2 aromatic carbocycles. The van der Waals surface area contributed by atoms with Crippen LogP contribution < -0.4 is 10.6 Å². The summed E-state index contributed by atoms with van der Waals surface area (Å²) in [7, 11) is 0. The number of carbonyl (C=O) groups excluding carboxylic acids is 2. The first-order valence-electron chi connectivity index (χ1n) is 10.7. The van der Waals surface area contributed by atoms with Crippen molar-refractivity contribution in [1.29, 1.82) is 0 Å². The molecule has 174 valence electrons. The normalized spacial score (nSPS) is 11.8. The third-order valence-electron chi connectivity index (χ3n) is 5.30. The summed E-state index contributed by atoms with van der Waals surface area (Å²) in [5, 5.41) is 15.1. The van der Waals surface area contributed by atoms with E-state index < -0.39 is 0 Å². The Morgan fingerprint density at radius 2 is 1.76 bits per heavy atom. The van der Waals surface area contributed by atoms with Crippen LogP contribution in [0.15, 0.2) is 46.0 Å². The molecule has 0 aliphatic carbocycles. The number of aryl methyl sites for hydroxylation is 3. The van der Waals surface area contributed by atoms with Gasteiger partial charge < -0.3 is 15.2 Å². The maximum Gasteiger partial charge on any atom is 0.251 e. The van der Waals surface area contributed by atoms with Gasteiger partial charge in [-0.25, -0.2) is 0 Å². The van der Waals surface area contributed by atoms with Crippen LogP contribution >= 0.6 is 27.7 Å². The lowest BCUT2D eigenvalue weighted by Gasteiger charge is -2.15. The maximum absolute atomic E-state index is 12.6. The maximum atomic E-state index is 12.6. The van der Waals surface area contributed by atoms with Crippen molar-refractivity contribution >= 4 is 45.2 Å². The Balaban J connectivity index is 1.64. The highest BCUT2D eigenvalue weighted by Crippen LogP contribution is 2.27. The summed E-state index contributed by atoms with van der Waals surface area (Å²) >= 11 is 4.82. The van der Waals surface area contributed by atoms with Gasteiger partial charge in [0.05, 0.1) is 17.5 Å². The molecule has 9 heteroatoms. The number of benzene rings is 2. The predicted octanol–water partition coefficient (Wildman–Crippen LogP) is 5.21. The van der Waals surface area contributed by atoms with E-state index in [0.29, 0.717) is 23.1 Å². The first kappa shape index (κ1) is 25.0. The number of amides is 2. The Morgan fingerprint density at radius 3 is 2.42 bits per heavy atom. The van der Waals surface area contributed by atoms with Crippen LogP contribution in [-0.2, 0) is 11.3 Å². The summed E-state index contributed by atoms with van der Waals surface area (Å²) in [5.74, 6) is 0.553. The molecule has 3 rings (SSSR count). The van der Waals surface area contributed by atoms with Crippen molar-refractivity contribution in [2.45, 2.75) is 52.4 Å². The van der Waals surface area contributed by atoms with Crippen LogP contribution in [0.4, 0.5) is 5.69 Å². The molecular formula is C24H28BrN5O2S. The van der Waals surface area contributed by atoms with Crippen molar-refractivity contribution in [1.82, 2.24) is 20.1 Å². The number of carbonyl (C=O) groups is 2. The molecule has 0 aliphatic rings. The van der Waals surface area contributed by atoms with Gasteiger partial charge in [0.25, 0.3) is 5.91 Å². The Hall–Kier alpha value is -2.65. The highest BCUT2D eigenvalue weighted by molar-refractivity contribution is 9.10. The van der Waals surface area contributed by atoms with E-state index in [1.165, 1.54) is 11.8 Å². The minimum Gasteiger partial charge on any atom is -0.342 e. The molecule has 0 spiro atoms. The van der Waals surface area contributed by atoms with Crippen LogP contribution in [0.25, 0.3) is 0 Å². The van der Waals surface area contributed by atoms with Crippen LogP contribution in [0.3, 0.4) is 0 Å². The lowest BCUT2D eigenvalue weighted by atomic mass is 10.1. The van der Waals surface area contributed by atoms with Gasteiger partial charge in [-0.2, -0.15) is 0 Å². The van der Waals surface area contributed by atoms with E-state index >= 15 is 0 Å². The average molecular weight is 530 g/mol. The second-order valence-corrected chi connectivity index (χ2v) is 9.70. The second-order valence-electron chi connectivity index (χ2n) is 7.90. The zero-order chi connectivity index (χ0) is 24.1. The minimum atomic E-state index is -0.332. The first-order chi connectivity index (χ1) is 15.7. The van der Waals surface area contributed by atoms with E-state index in [0.717, 1.165) is 26.9 Å². The highest BCUT2D eigenvalue weighted by atomic mass is 79.9. The zero-order valence-electron chi connectivity index (χ0n) is 19.4. The molecule has 0 unspecified atom stereocenters. The fourth-order valence-electron chi connectivity index (χ4n) is 3.27. The van der Waals surface area contributed by atoms with Crippen molar-refractivity contribution in [2.75, 3.05) is 11.1 Å². The van der Waals surface area contributed by atoms with Crippen LogP contribution in [-0.4, -0.2) is 32.3 Å². The van der Waals surface area contributed by atoms with Crippen LogP contribution in [0.1, 0.15) is 52.8 Å². The lowest BCUT2D eigenvalue weighted by molar-refractivity contribution is -0.113. The van der Waals surface area contributed by atoms with Crippen molar-refractivity contribution in [3.05, 3.63) is 68.9 Å². The Morgan fingerprint density at radius 1 is 1.09 bits per heavy atom. The number of halogens is 1. The molecule has 1 atom stereocenters. The SMILES string of the molecule is CCn1c(SCC(=O)Nc2cc(C)c(C)cc2Br)nnc1[C@H](C)NC(=O)c1ccc(C)cc1. The predicted molar refractivity (Wildman–Crippen MR) is 136 cm³/mol. The monoisotopic (exact) mass is 529 g/mol. The summed E-state index contributed by atoms with van der Waals surface area (Å²) in [6.45, 7) is 10.5. The largest absolute Gasteiger partial charge is 0.342 e. The number of thioether (sulfide) groups is 1. The van der Waals surface area contributed by atoms with E-state index in [1.807, 2.05) is 63.5 Å². The zero-order valence-corrected chi connectivity index (χ0v) is 21.8. The summed E-state index contributed by atoms with van der Waals surface area (Å²) in [6.07, 6.45) is 0. The van der Waals surface area contributed by atoms with Crippen LogP contribution in [0, 0.1) is 20.8 Å². The summed E-state index contributed by atoms with van der Waals surface area (Å²) in [5.41, 5.74) is 4.70. The van der Waals surface area contributed by atoms with Crippen molar-refractivity contribution < 1.29 is 9.59 Å². The van der Waals surface area contributed by atoms with Crippen molar-refractivity contribution in [3.8, 4) is 0 Å². The minimum absolute atomic E-state index is 0.128. The summed E-state index contributed by atoms with van der Waals surface area (Å²) < 4.78 is 2.77. The van der Waals surface area contributed by atoms with Gasteiger partial charge in [-0.3, -0.25) is 9.59 Å². The van der Waals surface area contributed by atoms with Gasteiger partial charge >= 0.3 is 0 Å². The fraction of sp³-hybridized carbons (Fsp3) is 0.333. The smallest absolute Gasteiger partial charge is 0.251 e. The second kappa shape index (κ2) is 11.0. The molecule has 1 heterocycles. The van der Waals surface area contributed by atoms with Gasteiger partial charge in [0, 0.05) is 16.6 Å². The van der Waals surface area contributed by atoms with E-state index in [9.17, 15) is 9.59 Å². The molecule has 2 amide bonds. The fourth-order valence-corrected chi connectivity index (χ4v) is 4.63. The molecule has 1 aromatic heterocycles. The molecule has 0 radical (unpaired) electrons. The molecule has 0 saturated heterocycles. The summed E-state index contributed by atoms with van der Waals surface area (Å²) in [4.78, 5) is 25.1. The lowest BCUT2D eigenvalue weighted by Crippen LogP contribution is -2.28. The van der Waals surface area contributed by atoms with E-state index in [-0.39, 0.29) is 23.6 Å². The molecule has 2 N–H and O–H groups in total. The number of hydrogen-bond donors (Lipinski definition) is 2. The van der Waals surface area contributed by atoms with E-state index in [4.69, 9.17) is 0 Å². The third kappa shape index (κ3) is 6.23. The van der Waals surface area contributed by atoms with E-state index in [1.54, 1.807) is 12.1 Å². The molecule has 33 heavy (non-hydrogen) atoms. The quantitative estimate of drug-likeness (QED) is 0.391. The van der Waals surface area contributed by atoms with Gasteiger partial charge in [0.2, 0.25) is 5.91 Å². The molecule has 0 bridgehead atoms. The number of aromatic nitrogens is 3. The Bertz CT molecular complexity index is 1160. The molecule has 0 aliphatic heterocycles. The molecule has 0 saturated carbocycles. The van der Waals surface area contributed by atoms with Crippen LogP contribution in [0.2, 0.25) is 0 Å². The number of hydrogen-bond acceptors (Lipinski definition) is 5. The van der Waals surface area contributed by atoms with E-state index in [2.05, 4.69) is 36.8 Å². The Labute approximate surface area is 206 Å². The first-order valence-corrected chi connectivity index (χ1v) is 12.5. The van der Waals surface area contributed by atoms with Gasteiger partial charge in [-0.1, -0.05) is 29.5 Å². The molecule has 3 aromatic rings. The Kier molecular flexibility index (Phi) is 8.31. The molecular weight excluding hydrogens is 502 g/mol. The van der Waals surface area contributed by atoms with Crippen LogP contribution in [0.5, 0.6) is 0 Å². The topological polar surface area (TPSA) is 88.9 Å². The number of nitrogens with one attached hydrogen (secondary N) is 2. The van der Waals surface area contributed by atoms with Crippen molar-refractivity contribution in [3.63, 3.8) is 0 Å². The van der Waals surface area contributed by atoms with Gasteiger partial charge in [-0.05, 0) is 85.9 Å². The number of anilines is 1. The standard InChI is InChI=1S/C24H28BrN5O2S/c1-6-30-22(17(5)26-23(32)18-9-7-14(2)8-10-18)28-29-24(30)33-13-21(31)27-20-12-16(4)15(3)11-19(20)25/h7-12,17H,6,13H2,1-5H3,(H,26,32)(H,27,31)/t17-/m0/s1. The summed E-state index contributed by atoms with van der Waals surface area (Å²) in [6, 6.07) is 11.0. The van der Waals surface area contributed by atoms with Crippen molar-refractivity contribution in [2.24, 2.45) is 0 Å². The van der Waals surface area contributed by atoms with Gasteiger partial charge in [0.15, 0.2) is 11.0 Å². The third-order valence-corrected chi connectivity index (χ3v) is 6.92. The number of rotatable bonds is 8. The van der Waals surface area contributed by atoms with Gasteiger partial charge in [0.1, 0.15) is 0 Å². The highest BCUT2D eigenvalue weighted by Gasteiger charge is 2.20. The molecule has 7 nitrogen and oxygen atoms in total. The number of nitrogens with zero attached hydrogens (tertiary/aromatic N) is 3. The van der Waals surface area contributed by atoms with Gasteiger partial charge in [-0.15, -0.1) is 10.2 Å². The molecule has 0 fully saturated rings.